The van der Waals surface area contributed by atoms with E-state index in [1.54, 1.807) is 20.0 Å². The first-order valence-electron chi connectivity index (χ1n) is 13.4. The molecule has 0 radical (unpaired) electrons. The molecule has 3 heterocycles. The van der Waals surface area contributed by atoms with E-state index >= 15 is 0 Å². The van der Waals surface area contributed by atoms with E-state index in [9.17, 15) is 14.7 Å². The van der Waals surface area contributed by atoms with Crippen molar-refractivity contribution in [2.75, 3.05) is 19.8 Å². The Kier molecular flexibility index (Phi) is 8.70. The van der Waals surface area contributed by atoms with Gasteiger partial charge in [0, 0.05) is 43.6 Å². The Bertz CT molecular complexity index is 1310. The van der Waals surface area contributed by atoms with Crippen LogP contribution in [0, 0.1) is 18.3 Å². The summed E-state index contributed by atoms with van der Waals surface area (Å²) in [5.41, 5.74) is 4.01. The fraction of sp³-hybridized carbons (Fsp3) is 0.552. The number of hydrogen-bond acceptors (Lipinski definition) is 7. The first-order valence-corrected chi connectivity index (χ1v) is 13.4. The molecule has 1 aliphatic rings. The number of aliphatic hydroxyl groups is 1. The van der Waals surface area contributed by atoms with Crippen LogP contribution in [0.15, 0.2) is 35.3 Å². The summed E-state index contributed by atoms with van der Waals surface area (Å²) in [6.07, 6.45) is 2.81. The minimum atomic E-state index is -0.903. The van der Waals surface area contributed by atoms with Gasteiger partial charge in [-0.1, -0.05) is 26.8 Å². The molecule has 0 aliphatic carbocycles. The van der Waals surface area contributed by atoms with E-state index < -0.39 is 18.1 Å². The molecule has 4 rings (SSSR count). The van der Waals surface area contributed by atoms with Crippen LogP contribution in [0.2, 0.25) is 0 Å². The zero-order chi connectivity index (χ0) is 27.4. The molecule has 2 atom stereocenters. The summed E-state index contributed by atoms with van der Waals surface area (Å²) in [5.74, 6) is 0.826. The lowest BCUT2D eigenvalue weighted by atomic mass is 9.98. The Morgan fingerprint density at radius 1 is 1.29 bits per heavy atom. The number of pyridine rings is 1. The molecule has 0 unspecified atom stereocenters. The number of ether oxygens (including phenoxy) is 2. The van der Waals surface area contributed by atoms with Crippen LogP contribution in [0.25, 0.3) is 22.4 Å². The quantitative estimate of drug-likeness (QED) is 0.366. The van der Waals surface area contributed by atoms with E-state index in [1.807, 2.05) is 39.0 Å². The molecule has 9 nitrogen and oxygen atoms in total. The van der Waals surface area contributed by atoms with Crippen LogP contribution < -0.4 is 10.9 Å². The van der Waals surface area contributed by atoms with Gasteiger partial charge in [-0.25, -0.2) is 4.98 Å². The maximum atomic E-state index is 12.6. The number of nitrogens with one attached hydrogen (secondary N) is 2. The summed E-state index contributed by atoms with van der Waals surface area (Å²) in [4.78, 5) is 32.4. The number of rotatable bonds is 9. The summed E-state index contributed by atoms with van der Waals surface area (Å²) in [6, 6.07) is 7.11. The number of benzene rings is 1. The molecule has 38 heavy (non-hydrogen) atoms. The molecule has 0 bridgehead atoms. The zero-order valence-electron chi connectivity index (χ0n) is 23.0. The van der Waals surface area contributed by atoms with Crippen molar-refractivity contribution in [1.82, 2.24) is 19.9 Å². The van der Waals surface area contributed by atoms with Crippen LogP contribution in [0.4, 0.5) is 0 Å². The standard InChI is InChI=1S/C29H40N4O5/c1-18-12-22(15-31-27(18)35)26-32-23-13-21(6-7-24(23)33(26)16-20-8-10-37-11-9-20)14-30-25(19(2)34)28(36)38-17-29(3,4)5/h6-7,12-13,15,19-20,25,30,34H,8-11,14,16-17H2,1-5H3,(H,31,35)/t19-,25+/m1/s1. The monoisotopic (exact) mass is 524 g/mol. The number of aromatic nitrogens is 3. The van der Waals surface area contributed by atoms with Crippen molar-refractivity contribution in [3.63, 3.8) is 0 Å². The van der Waals surface area contributed by atoms with Crippen LogP contribution in [-0.4, -0.2) is 57.6 Å². The van der Waals surface area contributed by atoms with Gasteiger partial charge >= 0.3 is 5.97 Å². The van der Waals surface area contributed by atoms with Gasteiger partial charge in [-0.3, -0.25) is 14.9 Å². The highest BCUT2D eigenvalue weighted by Crippen LogP contribution is 2.28. The molecular weight excluding hydrogens is 484 g/mol. The molecule has 0 amide bonds. The second-order valence-corrected chi connectivity index (χ2v) is 11.6. The van der Waals surface area contributed by atoms with Gasteiger partial charge in [0.05, 0.1) is 23.7 Å². The highest BCUT2D eigenvalue weighted by Gasteiger charge is 2.27. The minimum absolute atomic E-state index is 0.108. The van der Waals surface area contributed by atoms with Crippen LogP contribution in [0.3, 0.4) is 0 Å². The highest BCUT2D eigenvalue weighted by atomic mass is 16.5. The Hall–Kier alpha value is -3.01. The second kappa shape index (κ2) is 11.8. The number of hydrogen-bond donors (Lipinski definition) is 3. The van der Waals surface area contributed by atoms with Crippen molar-refractivity contribution < 1.29 is 19.4 Å². The average Bonchev–Trinajstić information content (AvgIpc) is 3.22. The van der Waals surface area contributed by atoms with E-state index in [1.165, 1.54) is 0 Å². The van der Waals surface area contributed by atoms with Crippen LogP contribution in [0.1, 0.15) is 51.7 Å². The van der Waals surface area contributed by atoms with E-state index in [4.69, 9.17) is 14.5 Å². The number of aromatic amines is 1. The lowest BCUT2D eigenvalue weighted by Crippen LogP contribution is -2.46. The lowest BCUT2D eigenvalue weighted by Gasteiger charge is -2.24. The van der Waals surface area contributed by atoms with Gasteiger partial charge in [0.15, 0.2) is 0 Å². The Morgan fingerprint density at radius 3 is 2.68 bits per heavy atom. The molecule has 206 valence electrons. The summed E-state index contributed by atoms with van der Waals surface area (Å²) < 4.78 is 13.2. The molecule has 1 aliphatic heterocycles. The Morgan fingerprint density at radius 2 is 2.03 bits per heavy atom. The fourth-order valence-corrected chi connectivity index (χ4v) is 4.66. The summed E-state index contributed by atoms with van der Waals surface area (Å²) in [7, 11) is 0. The van der Waals surface area contributed by atoms with E-state index in [2.05, 4.69) is 20.9 Å². The molecule has 3 aromatic rings. The van der Waals surface area contributed by atoms with E-state index in [-0.39, 0.29) is 17.6 Å². The summed E-state index contributed by atoms with van der Waals surface area (Å²) in [6.45, 7) is 12.3. The highest BCUT2D eigenvalue weighted by molar-refractivity contribution is 5.81. The van der Waals surface area contributed by atoms with E-state index in [0.717, 1.165) is 60.6 Å². The average molecular weight is 525 g/mol. The van der Waals surface area contributed by atoms with Crippen molar-refractivity contribution in [3.05, 3.63) is 51.9 Å². The zero-order valence-corrected chi connectivity index (χ0v) is 23.0. The third-order valence-electron chi connectivity index (χ3n) is 6.85. The number of H-pyrrole nitrogens is 1. The molecule has 2 aromatic heterocycles. The maximum absolute atomic E-state index is 12.6. The van der Waals surface area contributed by atoms with Crippen molar-refractivity contribution in [3.8, 4) is 11.4 Å². The molecule has 9 heteroatoms. The number of aliphatic hydroxyl groups excluding tert-OH is 1. The number of nitrogens with zero attached hydrogens (tertiary/aromatic N) is 2. The third kappa shape index (κ3) is 6.89. The molecule has 3 N–H and O–H groups in total. The SMILES string of the molecule is Cc1cc(-c2nc3cc(CN[C@H](C(=O)OCC(C)(C)C)[C@@H](C)O)ccc3n2CC2CCOCC2)c[nH]c1=O. The van der Waals surface area contributed by atoms with Crippen LogP contribution in [0.5, 0.6) is 0 Å². The molecule has 1 fully saturated rings. The van der Waals surface area contributed by atoms with Gasteiger partial charge in [-0.15, -0.1) is 0 Å². The maximum Gasteiger partial charge on any atom is 0.325 e. The molecular formula is C29H40N4O5. The number of esters is 1. The first kappa shape index (κ1) is 28.0. The Balaban J connectivity index is 1.60. The van der Waals surface area contributed by atoms with Crippen molar-refractivity contribution in [1.29, 1.82) is 0 Å². The molecule has 0 spiro atoms. The molecule has 0 saturated carbocycles. The van der Waals surface area contributed by atoms with Gasteiger partial charge in [0.25, 0.3) is 5.56 Å². The number of carbonyl (C=O) groups excluding carboxylic acids is 1. The smallest absolute Gasteiger partial charge is 0.325 e. The van der Waals surface area contributed by atoms with Gasteiger partial charge < -0.3 is 24.1 Å². The summed E-state index contributed by atoms with van der Waals surface area (Å²) >= 11 is 0. The second-order valence-electron chi connectivity index (χ2n) is 11.6. The topological polar surface area (TPSA) is 118 Å². The Labute approximate surface area is 223 Å². The van der Waals surface area contributed by atoms with Crippen molar-refractivity contribution >= 4 is 17.0 Å². The minimum Gasteiger partial charge on any atom is -0.464 e. The predicted octanol–water partition coefficient (Wildman–Crippen LogP) is 3.55. The fourth-order valence-electron chi connectivity index (χ4n) is 4.66. The number of fused-ring (bicyclic) bond motifs is 1. The lowest BCUT2D eigenvalue weighted by molar-refractivity contribution is -0.151. The van der Waals surface area contributed by atoms with Crippen molar-refractivity contribution in [2.24, 2.45) is 11.3 Å². The van der Waals surface area contributed by atoms with Gasteiger partial charge in [-0.05, 0) is 61.8 Å². The molecule has 1 saturated heterocycles. The van der Waals surface area contributed by atoms with Crippen LogP contribution in [-0.2, 0) is 27.4 Å². The van der Waals surface area contributed by atoms with Gasteiger partial charge in [-0.2, -0.15) is 0 Å². The number of carbonyl (C=O) groups is 1. The van der Waals surface area contributed by atoms with Gasteiger partial charge in [0.2, 0.25) is 0 Å². The predicted molar refractivity (Wildman–Crippen MR) is 147 cm³/mol. The number of imidazole rings is 1. The van der Waals surface area contributed by atoms with Crippen molar-refractivity contribution in [2.45, 2.75) is 72.7 Å². The largest absolute Gasteiger partial charge is 0.464 e. The van der Waals surface area contributed by atoms with Gasteiger partial charge in [0.1, 0.15) is 11.9 Å². The summed E-state index contributed by atoms with van der Waals surface area (Å²) in [5, 5.41) is 13.4. The van der Waals surface area contributed by atoms with E-state index in [0.29, 0.717) is 18.0 Å². The third-order valence-corrected chi connectivity index (χ3v) is 6.85. The number of aryl methyl sites for hydroxylation is 1. The molecule has 1 aromatic carbocycles. The van der Waals surface area contributed by atoms with Crippen LogP contribution >= 0.6 is 0 Å². The first-order chi connectivity index (χ1) is 18.0. The normalized spacial score (nSPS) is 16.5.